The van der Waals surface area contributed by atoms with Crippen LogP contribution < -0.4 is 11.1 Å². The second kappa shape index (κ2) is 5.47. The first-order chi connectivity index (χ1) is 6.74. The summed E-state index contributed by atoms with van der Waals surface area (Å²) < 4.78 is 0. The van der Waals surface area contributed by atoms with E-state index < -0.39 is 6.04 Å². The van der Waals surface area contributed by atoms with Gasteiger partial charge in [0.15, 0.2) is 0 Å². The second-order valence-electron chi connectivity index (χ2n) is 2.80. The van der Waals surface area contributed by atoms with E-state index in [0.717, 1.165) is 0 Å². The Morgan fingerprint density at radius 2 is 2.14 bits per heavy atom. The van der Waals surface area contributed by atoms with Crippen LogP contribution in [0.25, 0.3) is 0 Å². The van der Waals surface area contributed by atoms with Gasteiger partial charge >= 0.3 is 0 Å². The summed E-state index contributed by atoms with van der Waals surface area (Å²) in [6.07, 6.45) is 0. The highest BCUT2D eigenvalue weighted by Crippen LogP contribution is 1.97. The maximum atomic E-state index is 11.4. The van der Waals surface area contributed by atoms with Crippen LogP contribution in [0.4, 0.5) is 0 Å². The Morgan fingerprint density at radius 1 is 1.50 bits per heavy atom. The lowest BCUT2D eigenvalue weighted by molar-refractivity contribution is 0.0953. The van der Waals surface area contributed by atoms with Crippen LogP contribution in [-0.4, -0.2) is 23.9 Å². The molecule has 0 bridgehead atoms. The summed E-state index contributed by atoms with van der Waals surface area (Å²) in [6.45, 7) is 0.317. The Bertz CT molecular complexity index is 313. The molecule has 0 saturated carbocycles. The molecule has 0 aliphatic carbocycles. The van der Waals surface area contributed by atoms with E-state index in [1.54, 1.807) is 24.3 Å². The first-order valence-corrected chi connectivity index (χ1v) is 4.61. The number of rotatable bonds is 4. The summed E-state index contributed by atoms with van der Waals surface area (Å²) in [5.74, 6) is -0.147. The molecule has 73 valence electrons. The van der Waals surface area contributed by atoms with E-state index >= 15 is 0 Å². The molecule has 4 heteroatoms. The van der Waals surface area contributed by atoms with E-state index in [4.69, 9.17) is 5.73 Å². The molecule has 0 spiro atoms. The standard InChI is InChI=1S/C10H11N2OS/c11-9(7-14)6-12-10(13)8-4-2-1-3-5-8/h1-5,9H,6,11H2,(H,12,13). The van der Waals surface area contributed by atoms with Crippen LogP contribution in [0.2, 0.25) is 0 Å². The minimum absolute atomic E-state index is 0.147. The smallest absolute Gasteiger partial charge is 0.251 e. The van der Waals surface area contributed by atoms with Crippen molar-refractivity contribution in [1.82, 2.24) is 5.32 Å². The molecule has 0 aliphatic heterocycles. The molecule has 0 aromatic heterocycles. The number of nitrogens with one attached hydrogen (secondary N) is 1. The van der Waals surface area contributed by atoms with Crippen molar-refractivity contribution in [2.24, 2.45) is 5.73 Å². The molecular weight excluding hydrogens is 196 g/mol. The zero-order chi connectivity index (χ0) is 10.4. The van der Waals surface area contributed by atoms with Gasteiger partial charge in [-0.2, -0.15) is 0 Å². The fourth-order valence-corrected chi connectivity index (χ4v) is 1.02. The van der Waals surface area contributed by atoms with Gasteiger partial charge in [0.05, 0.1) is 6.04 Å². The third-order valence-corrected chi connectivity index (χ3v) is 1.97. The Labute approximate surface area is 88.3 Å². The van der Waals surface area contributed by atoms with Crippen molar-refractivity contribution < 1.29 is 4.79 Å². The summed E-state index contributed by atoms with van der Waals surface area (Å²) >= 11 is 4.52. The molecule has 3 N–H and O–H groups in total. The van der Waals surface area contributed by atoms with Gasteiger partial charge in [-0.05, 0) is 12.1 Å². The molecule has 14 heavy (non-hydrogen) atoms. The zero-order valence-corrected chi connectivity index (χ0v) is 8.38. The highest BCUT2D eigenvalue weighted by Gasteiger charge is 2.05. The number of hydrogen-bond acceptors (Lipinski definition) is 3. The highest BCUT2D eigenvalue weighted by molar-refractivity contribution is 7.79. The first-order valence-electron chi connectivity index (χ1n) is 4.20. The van der Waals surface area contributed by atoms with Crippen molar-refractivity contribution in [1.29, 1.82) is 0 Å². The molecule has 1 rings (SSSR count). The molecular formula is C10H11N2OS. The Kier molecular flexibility index (Phi) is 4.22. The fourth-order valence-electron chi connectivity index (χ4n) is 0.936. The molecule has 1 atom stereocenters. The number of carbonyl (C=O) groups is 1. The van der Waals surface area contributed by atoms with E-state index in [9.17, 15) is 4.79 Å². The van der Waals surface area contributed by atoms with Crippen molar-refractivity contribution in [3.8, 4) is 0 Å². The Balaban J connectivity index is 2.47. The predicted molar refractivity (Wildman–Crippen MR) is 59.3 cm³/mol. The second-order valence-corrected chi connectivity index (χ2v) is 3.04. The van der Waals surface area contributed by atoms with Crippen molar-refractivity contribution in [3.63, 3.8) is 0 Å². The van der Waals surface area contributed by atoms with Gasteiger partial charge in [-0.25, -0.2) is 0 Å². The number of thiocarbonyl (C=S) groups is 1. The number of nitrogens with two attached hydrogens (primary N) is 1. The summed E-state index contributed by atoms with van der Waals surface area (Å²) in [7, 11) is 0. The van der Waals surface area contributed by atoms with Gasteiger partial charge in [0, 0.05) is 17.5 Å². The van der Waals surface area contributed by atoms with Gasteiger partial charge in [-0.1, -0.05) is 30.4 Å². The molecule has 1 aromatic rings. The SMILES string of the molecule is NC([C]=S)CNC(=O)c1ccccc1. The lowest BCUT2D eigenvalue weighted by Gasteiger charge is -2.06. The van der Waals surface area contributed by atoms with Gasteiger partial charge in [-0.3, -0.25) is 4.79 Å². The van der Waals surface area contributed by atoms with E-state index in [0.29, 0.717) is 12.1 Å². The minimum Gasteiger partial charge on any atom is -0.350 e. The van der Waals surface area contributed by atoms with E-state index in [-0.39, 0.29) is 5.91 Å². The van der Waals surface area contributed by atoms with Crippen molar-refractivity contribution in [2.75, 3.05) is 6.54 Å². The lowest BCUT2D eigenvalue weighted by Crippen LogP contribution is -2.37. The summed E-state index contributed by atoms with van der Waals surface area (Å²) in [4.78, 5) is 11.4. The van der Waals surface area contributed by atoms with Gasteiger partial charge in [0.1, 0.15) is 0 Å². The first kappa shape index (κ1) is 10.8. The summed E-state index contributed by atoms with van der Waals surface area (Å²) in [5, 5.41) is 5.07. The quantitative estimate of drug-likeness (QED) is 0.712. The zero-order valence-electron chi connectivity index (χ0n) is 7.57. The fraction of sp³-hybridized carbons (Fsp3) is 0.200. The van der Waals surface area contributed by atoms with Crippen molar-refractivity contribution in [2.45, 2.75) is 6.04 Å². The summed E-state index contributed by atoms with van der Waals surface area (Å²) in [5.41, 5.74) is 6.08. The largest absolute Gasteiger partial charge is 0.350 e. The average molecular weight is 207 g/mol. The molecule has 0 aliphatic rings. The maximum absolute atomic E-state index is 11.4. The normalized spacial score (nSPS) is 11.8. The number of hydrogen-bond donors (Lipinski definition) is 2. The van der Waals surface area contributed by atoms with Gasteiger partial charge in [0.2, 0.25) is 0 Å². The number of carbonyl (C=O) groups excluding carboxylic acids is 1. The van der Waals surface area contributed by atoms with Gasteiger partial charge in [0.25, 0.3) is 5.91 Å². The number of benzene rings is 1. The Hall–Kier alpha value is -1.26. The van der Waals surface area contributed by atoms with Gasteiger partial charge in [-0.15, -0.1) is 0 Å². The van der Waals surface area contributed by atoms with Crippen LogP contribution in [0, 0.1) is 0 Å². The molecule has 0 fully saturated rings. The topological polar surface area (TPSA) is 55.1 Å². The van der Waals surface area contributed by atoms with Crippen molar-refractivity contribution in [3.05, 3.63) is 35.9 Å². The Morgan fingerprint density at radius 3 is 2.71 bits per heavy atom. The number of amides is 1. The van der Waals surface area contributed by atoms with E-state index in [2.05, 4.69) is 22.9 Å². The summed E-state index contributed by atoms with van der Waals surface area (Å²) in [6, 6.07) is 8.55. The van der Waals surface area contributed by atoms with Crippen LogP contribution in [-0.2, 0) is 0 Å². The van der Waals surface area contributed by atoms with Crippen LogP contribution in [0.3, 0.4) is 0 Å². The molecule has 3 nitrogen and oxygen atoms in total. The van der Waals surface area contributed by atoms with Crippen LogP contribution in [0.1, 0.15) is 10.4 Å². The molecule has 1 aromatic carbocycles. The lowest BCUT2D eigenvalue weighted by atomic mass is 10.2. The minimum atomic E-state index is -0.391. The molecule has 1 amide bonds. The monoisotopic (exact) mass is 207 g/mol. The van der Waals surface area contributed by atoms with Crippen molar-refractivity contribution >= 4 is 23.5 Å². The third kappa shape index (κ3) is 3.24. The van der Waals surface area contributed by atoms with Crippen LogP contribution >= 0.6 is 12.2 Å². The average Bonchev–Trinajstić information content (AvgIpc) is 2.26. The predicted octanol–water partition coefficient (Wildman–Crippen LogP) is 0.620. The molecule has 0 saturated heterocycles. The van der Waals surface area contributed by atoms with Gasteiger partial charge < -0.3 is 11.1 Å². The third-order valence-electron chi connectivity index (χ3n) is 1.67. The van der Waals surface area contributed by atoms with E-state index in [1.807, 2.05) is 6.07 Å². The van der Waals surface area contributed by atoms with E-state index in [1.165, 1.54) is 0 Å². The maximum Gasteiger partial charge on any atom is 0.251 e. The molecule has 0 heterocycles. The van der Waals surface area contributed by atoms with Crippen LogP contribution in [0.15, 0.2) is 30.3 Å². The molecule has 1 unspecified atom stereocenters. The molecule has 1 radical (unpaired) electrons. The highest BCUT2D eigenvalue weighted by atomic mass is 32.1. The van der Waals surface area contributed by atoms with Crippen LogP contribution in [0.5, 0.6) is 0 Å².